The summed E-state index contributed by atoms with van der Waals surface area (Å²) in [5.41, 5.74) is 7.78. The van der Waals surface area contributed by atoms with Crippen LogP contribution in [0.25, 0.3) is 11.1 Å². The minimum absolute atomic E-state index is 0.154. The van der Waals surface area contributed by atoms with Gasteiger partial charge in [-0.3, -0.25) is 0 Å². The van der Waals surface area contributed by atoms with Crippen molar-refractivity contribution in [1.29, 1.82) is 0 Å². The van der Waals surface area contributed by atoms with Crippen LogP contribution in [0.4, 0.5) is 16.4 Å². The van der Waals surface area contributed by atoms with Crippen LogP contribution in [0.2, 0.25) is 0 Å². The van der Waals surface area contributed by atoms with Gasteiger partial charge in [-0.2, -0.15) is 0 Å². The zero-order valence-electron chi connectivity index (χ0n) is 17.6. The number of carbonyl (C=O) groups excluding carboxylic acids is 1. The van der Waals surface area contributed by atoms with E-state index in [4.69, 9.17) is 10.5 Å². The first-order valence-electron chi connectivity index (χ1n) is 10.0. The number of hydrogen-bond acceptors (Lipinski definition) is 8. The number of ether oxygens (including phenoxy) is 1. The quantitative estimate of drug-likeness (QED) is 0.728. The van der Waals surface area contributed by atoms with Gasteiger partial charge in [-0.15, -0.1) is 0 Å². The highest BCUT2D eigenvalue weighted by Gasteiger charge is 2.41. The highest BCUT2D eigenvalue weighted by atomic mass is 32.2. The van der Waals surface area contributed by atoms with Crippen LogP contribution in [-0.4, -0.2) is 93.0 Å². The Morgan fingerprint density at radius 3 is 2.35 bits per heavy atom. The van der Waals surface area contributed by atoms with Crippen LogP contribution in [0, 0.1) is 0 Å². The molecule has 2 aliphatic rings. The summed E-state index contributed by atoms with van der Waals surface area (Å²) >= 11 is 0. The van der Waals surface area contributed by atoms with E-state index in [2.05, 4.69) is 14.9 Å². The number of likely N-dealkylation sites (tertiary alicyclic amines) is 1. The van der Waals surface area contributed by atoms with E-state index in [0.29, 0.717) is 37.4 Å². The molecule has 2 amide bonds. The zero-order chi connectivity index (χ0) is 22.2. The summed E-state index contributed by atoms with van der Waals surface area (Å²) in [6, 6.07) is 5.10. The number of sulfone groups is 1. The third kappa shape index (κ3) is 4.28. The second-order valence-electron chi connectivity index (χ2n) is 7.89. The van der Waals surface area contributed by atoms with Gasteiger partial charge < -0.3 is 25.2 Å². The molecular formula is C20H26N6O4S. The molecule has 0 spiro atoms. The predicted octanol–water partition coefficient (Wildman–Crippen LogP) is 0.702. The molecule has 3 heterocycles. The van der Waals surface area contributed by atoms with E-state index < -0.39 is 15.1 Å². The summed E-state index contributed by atoms with van der Waals surface area (Å²) in [5, 5.41) is -0.633. The van der Waals surface area contributed by atoms with Crippen molar-refractivity contribution >= 4 is 27.5 Å². The maximum atomic E-state index is 13.4. The van der Waals surface area contributed by atoms with Crippen LogP contribution in [0.5, 0.6) is 0 Å². The van der Waals surface area contributed by atoms with Gasteiger partial charge >= 0.3 is 6.03 Å². The van der Waals surface area contributed by atoms with Crippen LogP contribution >= 0.6 is 0 Å². The number of benzene rings is 1. The molecule has 0 saturated carbocycles. The monoisotopic (exact) mass is 446 g/mol. The standard InChI is InChI=1S/C20H26N6O4S/c1-24(2)20(27)26-12-18(13-26)31(28,29)17-8-14(15-10-22-19(21)23-11-15)7-16(9-17)25-3-5-30-6-4-25/h7-11,18H,3-6,12-13H2,1-2H3,(H2,21,22,23). The Hall–Kier alpha value is -2.92. The molecule has 2 N–H and O–H groups in total. The number of anilines is 2. The molecule has 4 rings (SSSR count). The van der Waals surface area contributed by atoms with E-state index in [-0.39, 0.29) is 30.0 Å². The highest BCUT2D eigenvalue weighted by molar-refractivity contribution is 7.92. The first kappa shape index (κ1) is 21.3. The van der Waals surface area contributed by atoms with Gasteiger partial charge in [-0.05, 0) is 23.8 Å². The summed E-state index contributed by atoms with van der Waals surface area (Å²) in [6.45, 7) is 2.89. The third-order valence-electron chi connectivity index (χ3n) is 5.54. The number of rotatable bonds is 4. The van der Waals surface area contributed by atoms with Crippen LogP contribution in [0.1, 0.15) is 0 Å². The van der Waals surface area contributed by atoms with Gasteiger partial charge in [0.15, 0.2) is 9.84 Å². The van der Waals surface area contributed by atoms with E-state index in [9.17, 15) is 13.2 Å². The molecule has 0 unspecified atom stereocenters. The van der Waals surface area contributed by atoms with Crippen LogP contribution in [0.3, 0.4) is 0 Å². The number of nitrogens with two attached hydrogens (primary N) is 1. The fraction of sp³-hybridized carbons (Fsp3) is 0.450. The van der Waals surface area contributed by atoms with Gasteiger partial charge in [0.2, 0.25) is 5.95 Å². The number of nitrogen functional groups attached to an aromatic ring is 1. The Bertz CT molecular complexity index is 1060. The minimum Gasteiger partial charge on any atom is -0.378 e. The van der Waals surface area contributed by atoms with Gasteiger partial charge in [0, 0.05) is 63.9 Å². The summed E-state index contributed by atoms with van der Waals surface area (Å²) in [4.78, 5) is 25.4. The maximum Gasteiger partial charge on any atom is 0.319 e. The lowest BCUT2D eigenvalue weighted by atomic mass is 10.1. The number of nitrogens with zero attached hydrogens (tertiary/aromatic N) is 5. The van der Waals surface area contributed by atoms with E-state index >= 15 is 0 Å². The van der Waals surface area contributed by atoms with Gasteiger partial charge in [-0.1, -0.05) is 0 Å². The molecule has 0 atom stereocenters. The number of morpholine rings is 1. The van der Waals surface area contributed by atoms with Crippen molar-refractivity contribution in [3.63, 3.8) is 0 Å². The number of carbonyl (C=O) groups is 1. The molecule has 0 radical (unpaired) electrons. The molecule has 166 valence electrons. The van der Waals surface area contributed by atoms with Crippen molar-refractivity contribution in [3.05, 3.63) is 30.6 Å². The first-order valence-corrected chi connectivity index (χ1v) is 11.6. The van der Waals surface area contributed by atoms with Crippen molar-refractivity contribution in [2.75, 3.05) is 64.1 Å². The van der Waals surface area contributed by atoms with Gasteiger partial charge in [0.1, 0.15) is 5.25 Å². The number of amides is 2. The molecule has 2 aliphatic heterocycles. The Labute approximate surface area is 181 Å². The number of urea groups is 1. The molecule has 10 nitrogen and oxygen atoms in total. The molecule has 0 aliphatic carbocycles. The molecule has 1 aromatic heterocycles. The number of aromatic nitrogens is 2. The fourth-order valence-electron chi connectivity index (χ4n) is 3.67. The molecule has 1 aromatic carbocycles. The summed E-state index contributed by atoms with van der Waals surface area (Å²) in [7, 11) is -0.331. The van der Waals surface area contributed by atoms with Crippen LogP contribution in [0.15, 0.2) is 35.5 Å². The topological polar surface area (TPSA) is 122 Å². The Kier molecular flexibility index (Phi) is 5.71. The second kappa shape index (κ2) is 8.31. The number of hydrogen-bond donors (Lipinski definition) is 1. The molecule has 31 heavy (non-hydrogen) atoms. The maximum absolute atomic E-state index is 13.4. The SMILES string of the molecule is CN(C)C(=O)N1CC(S(=O)(=O)c2cc(-c3cnc(N)nc3)cc(N3CCOCC3)c2)C1. The van der Waals surface area contributed by atoms with E-state index in [1.165, 1.54) is 9.80 Å². The van der Waals surface area contributed by atoms with Crippen LogP contribution < -0.4 is 10.6 Å². The lowest BCUT2D eigenvalue weighted by Gasteiger charge is -2.40. The Morgan fingerprint density at radius 2 is 1.74 bits per heavy atom. The van der Waals surface area contributed by atoms with E-state index in [1.807, 2.05) is 6.07 Å². The van der Waals surface area contributed by atoms with Crippen LogP contribution in [-0.2, 0) is 14.6 Å². The second-order valence-corrected chi connectivity index (χ2v) is 10.1. The first-order chi connectivity index (χ1) is 14.8. The minimum atomic E-state index is -3.63. The molecule has 2 aromatic rings. The van der Waals surface area contributed by atoms with Gasteiger partial charge in [0.05, 0.1) is 18.1 Å². The third-order valence-corrected chi connectivity index (χ3v) is 7.61. The van der Waals surface area contributed by atoms with Crippen molar-refractivity contribution in [2.45, 2.75) is 10.1 Å². The normalized spacial score (nSPS) is 17.4. The summed E-state index contributed by atoms with van der Waals surface area (Å²) in [6.07, 6.45) is 3.16. The molecule has 11 heteroatoms. The predicted molar refractivity (Wildman–Crippen MR) is 117 cm³/mol. The van der Waals surface area contributed by atoms with Crippen molar-refractivity contribution in [3.8, 4) is 11.1 Å². The van der Waals surface area contributed by atoms with E-state index in [1.54, 1.807) is 38.6 Å². The lowest BCUT2D eigenvalue weighted by molar-refractivity contribution is 0.122. The summed E-state index contributed by atoms with van der Waals surface area (Å²) in [5.74, 6) is 0.154. The molecular weight excluding hydrogens is 420 g/mol. The van der Waals surface area contributed by atoms with Gasteiger partial charge in [-0.25, -0.2) is 23.2 Å². The average Bonchev–Trinajstić information content (AvgIpc) is 2.73. The van der Waals surface area contributed by atoms with Crippen molar-refractivity contribution < 1.29 is 17.9 Å². The Balaban J connectivity index is 1.68. The Morgan fingerprint density at radius 1 is 1.10 bits per heavy atom. The average molecular weight is 447 g/mol. The van der Waals surface area contributed by atoms with E-state index in [0.717, 1.165) is 5.69 Å². The van der Waals surface area contributed by atoms with Gasteiger partial charge in [0.25, 0.3) is 0 Å². The van der Waals surface area contributed by atoms with Crippen molar-refractivity contribution in [2.24, 2.45) is 0 Å². The molecule has 2 saturated heterocycles. The fourth-order valence-corrected chi connectivity index (χ4v) is 5.38. The highest BCUT2D eigenvalue weighted by Crippen LogP contribution is 2.32. The lowest BCUT2D eigenvalue weighted by Crippen LogP contribution is -2.59. The smallest absolute Gasteiger partial charge is 0.319 e. The molecule has 2 fully saturated rings. The van der Waals surface area contributed by atoms with Crippen molar-refractivity contribution in [1.82, 2.24) is 19.8 Å². The summed E-state index contributed by atoms with van der Waals surface area (Å²) < 4.78 is 32.2. The zero-order valence-corrected chi connectivity index (χ0v) is 18.4. The molecule has 0 bridgehead atoms. The largest absolute Gasteiger partial charge is 0.378 e.